The van der Waals surface area contributed by atoms with Gasteiger partial charge in [-0.05, 0) is 24.3 Å². The molecule has 28 heavy (non-hydrogen) atoms. The Balaban J connectivity index is 1.58. The van der Waals surface area contributed by atoms with Gasteiger partial charge in [0.05, 0.1) is 0 Å². The van der Waals surface area contributed by atoms with E-state index in [-0.39, 0.29) is 31.9 Å². The fourth-order valence-electron chi connectivity index (χ4n) is 2.79. The fraction of sp³-hybridized carbons (Fsp3) is 0.294. The first-order valence-corrected chi connectivity index (χ1v) is 9.77. The number of amides is 1. The number of aromatic nitrogens is 1. The molecule has 1 amide bonds. The van der Waals surface area contributed by atoms with Crippen LogP contribution in [0.5, 0.6) is 0 Å². The third kappa shape index (κ3) is 4.04. The summed E-state index contributed by atoms with van der Waals surface area (Å²) in [6.07, 6.45) is 1.54. The summed E-state index contributed by atoms with van der Waals surface area (Å²) in [7, 11) is -4.37. The average Bonchev–Trinajstić information content (AvgIpc) is 3.20. The molecule has 11 heteroatoms. The van der Waals surface area contributed by atoms with Gasteiger partial charge in [0.2, 0.25) is 10.0 Å². The number of ether oxygens (including phenoxy) is 1. The van der Waals surface area contributed by atoms with Crippen molar-refractivity contribution in [3.05, 3.63) is 53.9 Å². The van der Waals surface area contributed by atoms with Crippen LogP contribution >= 0.6 is 0 Å². The number of carbonyl (C=O) groups excluding carboxylic acids is 2. The number of nitrogens with zero attached hydrogens (tertiary/aromatic N) is 2. The second-order valence-corrected chi connectivity index (χ2v) is 7.87. The quantitative estimate of drug-likeness (QED) is 0.737. The molecular formula is C17H17F2N3O5S. The number of hydrogen-bond donors (Lipinski definition) is 1. The van der Waals surface area contributed by atoms with Gasteiger partial charge >= 0.3 is 5.97 Å². The van der Waals surface area contributed by atoms with Gasteiger partial charge < -0.3 is 14.6 Å². The zero-order valence-corrected chi connectivity index (χ0v) is 15.4. The number of esters is 1. The first kappa shape index (κ1) is 20.0. The van der Waals surface area contributed by atoms with Crippen molar-refractivity contribution < 1.29 is 31.5 Å². The third-order valence-corrected chi connectivity index (χ3v) is 6.20. The molecular weight excluding hydrogens is 396 g/mol. The van der Waals surface area contributed by atoms with Crippen LogP contribution in [0.25, 0.3) is 0 Å². The molecule has 1 fully saturated rings. The normalized spacial score (nSPS) is 15.4. The van der Waals surface area contributed by atoms with E-state index in [0.717, 1.165) is 22.5 Å². The Morgan fingerprint density at radius 2 is 1.68 bits per heavy atom. The second kappa shape index (κ2) is 8.07. The Labute approximate surface area is 159 Å². The van der Waals surface area contributed by atoms with Crippen molar-refractivity contribution in [2.45, 2.75) is 4.90 Å². The number of nitrogens with one attached hydrogen (secondary N) is 1. The summed E-state index contributed by atoms with van der Waals surface area (Å²) >= 11 is 0. The van der Waals surface area contributed by atoms with Crippen LogP contribution in [0.2, 0.25) is 0 Å². The number of halogens is 2. The highest BCUT2D eigenvalue weighted by atomic mass is 32.2. The van der Waals surface area contributed by atoms with Gasteiger partial charge in [0.1, 0.15) is 17.3 Å². The van der Waals surface area contributed by atoms with Gasteiger partial charge in [-0.3, -0.25) is 4.79 Å². The van der Waals surface area contributed by atoms with Crippen LogP contribution in [0.4, 0.5) is 8.78 Å². The largest absolute Gasteiger partial charge is 0.451 e. The lowest BCUT2D eigenvalue weighted by atomic mass is 10.3. The Kier molecular flexibility index (Phi) is 5.75. The van der Waals surface area contributed by atoms with E-state index in [2.05, 4.69) is 4.98 Å². The SMILES string of the molecule is O=C(OCC(=O)N1CCN(S(=O)(=O)c2c(F)cccc2F)CC1)c1ccc[nH]1. The Morgan fingerprint density at radius 3 is 2.25 bits per heavy atom. The first-order valence-electron chi connectivity index (χ1n) is 8.33. The molecule has 2 heterocycles. The number of carbonyl (C=O) groups is 2. The molecule has 2 aromatic rings. The zero-order valence-electron chi connectivity index (χ0n) is 14.6. The second-order valence-electron chi connectivity index (χ2n) is 6.00. The molecule has 0 aliphatic carbocycles. The molecule has 150 valence electrons. The van der Waals surface area contributed by atoms with Crippen LogP contribution < -0.4 is 0 Å². The zero-order chi connectivity index (χ0) is 20.3. The molecule has 1 N–H and O–H groups in total. The Morgan fingerprint density at radius 1 is 1.04 bits per heavy atom. The van der Waals surface area contributed by atoms with Crippen LogP contribution in [0.1, 0.15) is 10.5 Å². The predicted molar refractivity (Wildman–Crippen MR) is 92.8 cm³/mol. The molecule has 0 atom stereocenters. The molecule has 8 nitrogen and oxygen atoms in total. The number of aromatic amines is 1. The lowest BCUT2D eigenvalue weighted by Gasteiger charge is -2.33. The lowest BCUT2D eigenvalue weighted by Crippen LogP contribution is -2.51. The minimum absolute atomic E-state index is 0.00812. The summed E-state index contributed by atoms with van der Waals surface area (Å²) < 4.78 is 58.5. The van der Waals surface area contributed by atoms with Gasteiger partial charge in [0.25, 0.3) is 5.91 Å². The average molecular weight is 413 g/mol. The maximum Gasteiger partial charge on any atom is 0.355 e. The van der Waals surface area contributed by atoms with E-state index in [1.807, 2.05) is 0 Å². The van der Waals surface area contributed by atoms with Crippen molar-refractivity contribution in [1.82, 2.24) is 14.2 Å². The summed E-state index contributed by atoms with van der Waals surface area (Å²) in [6, 6.07) is 5.92. The molecule has 1 aliphatic heterocycles. The summed E-state index contributed by atoms with van der Waals surface area (Å²) in [6.45, 7) is -0.742. The van der Waals surface area contributed by atoms with Crippen LogP contribution in [-0.4, -0.2) is 67.3 Å². The smallest absolute Gasteiger partial charge is 0.355 e. The van der Waals surface area contributed by atoms with Crippen molar-refractivity contribution in [1.29, 1.82) is 0 Å². The third-order valence-electron chi connectivity index (χ3n) is 4.25. The van der Waals surface area contributed by atoms with E-state index in [1.54, 1.807) is 6.07 Å². The summed E-state index contributed by atoms with van der Waals surface area (Å²) in [4.78, 5) is 26.8. The molecule has 0 spiro atoms. The standard InChI is InChI=1S/C17H17F2N3O5S/c18-12-3-1-4-13(19)16(12)28(25,26)22-9-7-21(8-10-22)15(23)11-27-17(24)14-5-2-6-20-14/h1-6,20H,7-11H2. The number of piperazine rings is 1. The minimum Gasteiger partial charge on any atom is -0.451 e. The van der Waals surface area contributed by atoms with E-state index in [1.165, 1.54) is 17.2 Å². The molecule has 0 saturated carbocycles. The van der Waals surface area contributed by atoms with Gasteiger partial charge in [-0.25, -0.2) is 22.0 Å². The Bertz CT molecular complexity index is 950. The predicted octanol–water partition coefficient (Wildman–Crippen LogP) is 0.983. The highest BCUT2D eigenvalue weighted by Gasteiger charge is 2.34. The highest BCUT2D eigenvalue weighted by molar-refractivity contribution is 7.89. The van der Waals surface area contributed by atoms with Gasteiger partial charge in [-0.1, -0.05) is 6.07 Å². The minimum atomic E-state index is -4.37. The van der Waals surface area contributed by atoms with E-state index >= 15 is 0 Å². The molecule has 1 aromatic heterocycles. The number of benzene rings is 1. The van der Waals surface area contributed by atoms with Crippen LogP contribution in [0.15, 0.2) is 41.4 Å². The van der Waals surface area contributed by atoms with Crippen LogP contribution in [0, 0.1) is 11.6 Å². The number of rotatable bonds is 5. The van der Waals surface area contributed by atoms with Crippen molar-refractivity contribution in [3.63, 3.8) is 0 Å². The van der Waals surface area contributed by atoms with E-state index in [0.29, 0.717) is 0 Å². The first-order chi connectivity index (χ1) is 13.3. The Hall–Kier alpha value is -2.79. The fourth-order valence-corrected chi connectivity index (χ4v) is 4.32. The molecule has 3 rings (SSSR count). The van der Waals surface area contributed by atoms with Crippen molar-refractivity contribution in [2.75, 3.05) is 32.8 Å². The molecule has 0 radical (unpaired) electrons. The van der Waals surface area contributed by atoms with E-state index in [4.69, 9.17) is 4.74 Å². The molecule has 0 unspecified atom stereocenters. The van der Waals surface area contributed by atoms with E-state index in [9.17, 15) is 26.8 Å². The van der Waals surface area contributed by atoms with Crippen molar-refractivity contribution in [2.24, 2.45) is 0 Å². The summed E-state index contributed by atoms with van der Waals surface area (Å²) in [5.74, 6) is -3.52. The number of hydrogen-bond acceptors (Lipinski definition) is 5. The number of H-pyrrole nitrogens is 1. The molecule has 1 aromatic carbocycles. The van der Waals surface area contributed by atoms with Crippen LogP contribution in [-0.2, 0) is 19.6 Å². The topological polar surface area (TPSA) is 99.8 Å². The molecule has 0 bridgehead atoms. The molecule has 1 aliphatic rings. The van der Waals surface area contributed by atoms with E-state index < -0.39 is 45.0 Å². The van der Waals surface area contributed by atoms with Crippen molar-refractivity contribution >= 4 is 21.9 Å². The highest BCUT2D eigenvalue weighted by Crippen LogP contribution is 2.23. The van der Waals surface area contributed by atoms with Gasteiger partial charge in [-0.2, -0.15) is 4.31 Å². The summed E-state index contributed by atoms with van der Waals surface area (Å²) in [5.41, 5.74) is 0.204. The maximum atomic E-state index is 13.8. The van der Waals surface area contributed by atoms with Crippen LogP contribution in [0.3, 0.4) is 0 Å². The summed E-state index contributed by atoms with van der Waals surface area (Å²) in [5, 5.41) is 0. The number of sulfonamides is 1. The lowest BCUT2D eigenvalue weighted by molar-refractivity contribution is -0.135. The maximum absolute atomic E-state index is 13.8. The van der Waals surface area contributed by atoms with Gasteiger partial charge in [0, 0.05) is 32.4 Å². The van der Waals surface area contributed by atoms with Gasteiger partial charge in [-0.15, -0.1) is 0 Å². The molecule has 1 saturated heterocycles. The van der Waals surface area contributed by atoms with Gasteiger partial charge in [0.15, 0.2) is 11.5 Å². The monoisotopic (exact) mass is 413 g/mol. The van der Waals surface area contributed by atoms with Crippen molar-refractivity contribution in [3.8, 4) is 0 Å².